The minimum Gasteiger partial charge on any atom is -0.211 e. The molecule has 0 aromatic carbocycles. The maximum Gasteiger partial charge on any atom is 0.238 e. The minimum atomic E-state index is -2.08. The van der Waals surface area contributed by atoms with Gasteiger partial charge in [0, 0.05) is 15.9 Å². The van der Waals surface area contributed by atoms with Gasteiger partial charge < -0.3 is 0 Å². The molecule has 14 heavy (non-hydrogen) atoms. The first-order valence-electron chi connectivity index (χ1n) is 6.07. The Morgan fingerprint density at radius 3 is 2.43 bits per heavy atom. The molecule has 1 rings (SSSR count). The summed E-state index contributed by atoms with van der Waals surface area (Å²) in [4.78, 5) is 0. The average Bonchev–Trinajstić information content (AvgIpc) is 2.18. The van der Waals surface area contributed by atoms with Crippen molar-refractivity contribution >= 4 is 9.52 Å². The van der Waals surface area contributed by atoms with Gasteiger partial charge in [-0.1, -0.05) is 50.1 Å². The van der Waals surface area contributed by atoms with Crippen LogP contribution in [-0.2, 0) is 0 Å². The third-order valence-corrected chi connectivity index (χ3v) is 5.80. The van der Waals surface area contributed by atoms with Crippen LogP contribution in [0.3, 0.4) is 0 Å². The van der Waals surface area contributed by atoms with Crippen molar-refractivity contribution in [1.82, 2.24) is 0 Å². The van der Waals surface area contributed by atoms with Gasteiger partial charge >= 0.3 is 0 Å². The number of alkyl halides is 2. The van der Waals surface area contributed by atoms with Gasteiger partial charge in [-0.3, -0.25) is 0 Å². The Bertz CT molecular complexity index is 133. The van der Waals surface area contributed by atoms with E-state index in [4.69, 9.17) is 0 Å². The molecule has 0 nitrogen and oxygen atoms in total. The molecule has 0 aromatic heterocycles. The van der Waals surface area contributed by atoms with Crippen molar-refractivity contribution in [3.05, 3.63) is 0 Å². The van der Waals surface area contributed by atoms with Gasteiger partial charge in [-0.05, 0) is 6.42 Å². The first-order chi connectivity index (χ1) is 6.79. The minimum absolute atomic E-state index is 0.0758. The van der Waals surface area contributed by atoms with Gasteiger partial charge in [0.1, 0.15) is 0 Å². The first-order valence-corrected chi connectivity index (χ1v) is 7.89. The van der Waals surface area contributed by atoms with E-state index in [0.29, 0.717) is 0 Å². The molecule has 0 unspecified atom stereocenters. The van der Waals surface area contributed by atoms with E-state index in [-0.39, 0.29) is 15.9 Å². The predicted molar refractivity (Wildman–Crippen MR) is 60.0 cm³/mol. The Kier molecular flexibility index (Phi) is 6.40. The standard InChI is InChI=1S/C11H22F2Si/c12-11(13)8-4-5-9-14-10-6-2-1-3-7-10/h10-11H,1-9,14H2. The highest BCUT2D eigenvalue weighted by atomic mass is 28.2. The highest BCUT2D eigenvalue weighted by molar-refractivity contribution is 6.37. The molecule has 0 aliphatic heterocycles. The van der Waals surface area contributed by atoms with Crippen molar-refractivity contribution in [2.45, 2.75) is 69.4 Å². The molecule has 1 aliphatic carbocycles. The molecule has 0 heterocycles. The number of hydrogen-bond acceptors (Lipinski definition) is 0. The van der Waals surface area contributed by atoms with Crippen molar-refractivity contribution in [2.24, 2.45) is 0 Å². The Hall–Kier alpha value is 0.0769. The van der Waals surface area contributed by atoms with Crippen LogP contribution in [0.2, 0.25) is 11.6 Å². The van der Waals surface area contributed by atoms with E-state index in [0.717, 1.165) is 18.4 Å². The summed E-state index contributed by atoms with van der Waals surface area (Å²) in [5.41, 5.74) is 1.05. The number of unbranched alkanes of at least 4 members (excludes halogenated alkanes) is 1. The van der Waals surface area contributed by atoms with Crippen LogP contribution < -0.4 is 0 Å². The van der Waals surface area contributed by atoms with Crippen LogP contribution in [0.25, 0.3) is 0 Å². The predicted octanol–water partition coefficient (Wildman–Crippen LogP) is 3.76. The summed E-state index contributed by atoms with van der Waals surface area (Å²) < 4.78 is 23.7. The highest BCUT2D eigenvalue weighted by Crippen LogP contribution is 2.28. The van der Waals surface area contributed by atoms with Gasteiger partial charge in [0.25, 0.3) is 0 Å². The van der Waals surface area contributed by atoms with Crippen LogP contribution in [0, 0.1) is 0 Å². The van der Waals surface area contributed by atoms with Crippen molar-refractivity contribution in [3.63, 3.8) is 0 Å². The molecule has 0 N–H and O–H groups in total. The third kappa shape index (κ3) is 5.73. The summed E-state index contributed by atoms with van der Waals surface area (Å²) in [6.45, 7) is 0. The van der Waals surface area contributed by atoms with Gasteiger partial charge in [0.2, 0.25) is 6.43 Å². The van der Waals surface area contributed by atoms with E-state index in [1.807, 2.05) is 0 Å². The zero-order chi connectivity index (χ0) is 10.2. The maximum absolute atomic E-state index is 11.8. The Morgan fingerprint density at radius 2 is 1.79 bits per heavy atom. The molecule has 0 aromatic rings. The zero-order valence-corrected chi connectivity index (χ0v) is 10.4. The molecule has 1 aliphatic rings. The smallest absolute Gasteiger partial charge is 0.211 e. The van der Waals surface area contributed by atoms with Crippen molar-refractivity contribution in [1.29, 1.82) is 0 Å². The molecule has 3 heteroatoms. The van der Waals surface area contributed by atoms with Gasteiger partial charge in [0.15, 0.2) is 0 Å². The van der Waals surface area contributed by atoms with Crippen molar-refractivity contribution < 1.29 is 8.78 Å². The molecule has 1 fully saturated rings. The maximum atomic E-state index is 11.8. The molecule has 0 radical (unpaired) electrons. The fourth-order valence-electron chi connectivity index (χ4n) is 2.38. The summed E-state index contributed by atoms with van der Waals surface area (Å²) in [5.74, 6) is 0. The molecule has 0 spiro atoms. The molecule has 0 amide bonds. The van der Waals surface area contributed by atoms with Crippen LogP contribution >= 0.6 is 0 Å². The lowest BCUT2D eigenvalue weighted by atomic mass is 10.0. The molecule has 0 saturated heterocycles. The summed E-state index contributed by atoms with van der Waals surface area (Å²) in [6.07, 6.45) is 7.03. The quantitative estimate of drug-likeness (QED) is 0.472. The fourth-order valence-corrected chi connectivity index (χ4v) is 4.76. The fraction of sp³-hybridized carbons (Fsp3) is 1.00. The molecule has 84 valence electrons. The van der Waals surface area contributed by atoms with Crippen LogP contribution in [-0.4, -0.2) is 15.9 Å². The van der Waals surface area contributed by atoms with Gasteiger partial charge in [-0.25, -0.2) is 8.78 Å². The van der Waals surface area contributed by atoms with Crippen molar-refractivity contribution in [2.75, 3.05) is 0 Å². The third-order valence-electron chi connectivity index (χ3n) is 3.26. The van der Waals surface area contributed by atoms with E-state index in [1.54, 1.807) is 0 Å². The average molecular weight is 220 g/mol. The Morgan fingerprint density at radius 1 is 1.07 bits per heavy atom. The lowest BCUT2D eigenvalue weighted by Crippen LogP contribution is -2.07. The second-order valence-electron chi connectivity index (χ2n) is 4.53. The molecule has 1 saturated carbocycles. The van der Waals surface area contributed by atoms with E-state index >= 15 is 0 Å². The second-order valence-corrected chi connectivity index (χ2v) is 6.97. The molecular formula is C11H22F2Si. The number of rotatable bonds is 6. The summed E-state index contributed by atoms with van der Waals surface area (Å²) >= 11 is 0. The lowest BCUT2D eigenvalue weighted by molar-refractivity contribution is 0.134. The largest absolute Gasteiger partial charge is 0.238 e. The van der Waals surface area contributed by atoms with Crippen LogP contribution in [0.1, 0.15) is 51.4 Å². The number of halogens is 2. The van der Waals surface area contributed by atoms with Gasteiger partial charge in [0.05, 0.1) is 0 Å². The summed E-state index contributed by atoms with van der Waals surface area (Å²) in [5, 5.41) is 0. The lowest BCUT2D eigenvalue weighted by Gasteiger charge is -2.20. The molecular weight excluding hydrogens is 198 g/mol. The Labute approximate surface area is 88.3 Å². The summed E-state index contributed by atoms with van der Waals surface area (Å²) in [6, 6.07) is 1.30. The van der Waals surface area contributed by atoms with Crippen LogP contribution in [0.15, 0.2) is 0 Å². The second kappa shape index (κ2) is 7.38. The van der Waals surface area contributed by atoms with E-state index in [2.05, 4.69) is 0 Å². The van der Waals surface area contributed by atoms with E-state index < -0.39 is 6.43 Å². The zero-order valence-electron chi connectivity index (χ0n) is 8.98. The van der Waals surface area contributed by atoms with Crippen molar-refractivity contribution in [3.8, 4) is 0 Å². The van der Waals surface area contributed by atoms with E-state index in [9.17, 15) is 8.78 Å². The topological polar surface area (TPSA) is 0 Å². The SMILES string of the molecule is FC(F)CCCC[SiH2]C1CCCCC1. The van der Waals surface area contributed by atoms with Gasteiger partial charge in [-0.2, -0.15) is 0 Å². The van der Waals surface area contributed by atoms with Gasteiger partial charge in [-0.15, -0.1) is 0 Å². The molecule has 0 atom stereocenters. The highest BCUT2D eigenvalue weighted by Gasteiger charge is 2.13. The normalized spacial score (nSPS) is 19.9. The summed E-state index contributed by atoms with van der Waals surface area (Å²) in [7, 11) is 0.0758. The number of hydrogen-bond donors (Lipinski definition) is 0. The Balaban J connectivity index is 1.87. The molecule has 0 bridgehead atoms. The monoisotopic (exact) mass is 220 g/mol. The van der Waals surface area contributed by atoms with Crippen LogP contribution in [0.4, 0.5) is 8.78 Å². The van der Waals surface area contributed by atoms with Crippen LogP contribution in [0.5, 0.6) is 0 Å². The first kappa shape index (κ1) is 12.1. The van der Waals surface area contributed by atoms with E-state index in [1.165, 1.54) is 38.1 Å².